The Balaban J connectivity index is 2.00. The first-order valence-electron chi connectivity index (χ1n) is 7.16. The molecule has 0 aliphatic heterocycles. The lowest BCUT2D eigenvalue weighted by Crippen LogP contribution is -2.21. The number of benzene rings is 2. The van der Waals surface area contributed by atoms with Gasteiger partial charge in [-0.2, -0.15) is 0 Å². The molecule has 0 aliphatic carbocycles. The van der Waals surface area contributed by atoms with Gasteiger partial charge in [0.15, 0.2) is 0 Å². The van der Waals surface area contributed by atoms with Crippen molar-refractivity contribution >= 4 is 11.4 Å². The van der Waals surface area contributed by atoms with Gasteiger partial charge in [-0.3, -0.25) is 0 Å². The van der Waals surface area contributed by atoms with Gasteiger partial charge in [-0.1, -0.05) is 12.1 Å². The van der Waals surface area contributed by atoms with Crippen LogP contribution in [0.5, 0.6) is 0 Å². The van der Waals surface area contributed by atoms with Crippen molar-refractivity contribution in [2.45, 2.75) is 20.4 Å². The van der Waals surface area contributed by atoms with Gasteiger partial charge in [0.25, 0.3) is 0 Å². The normalized spacial score (nSPS) is 10.5. The molecule has 0 fully saturated rings. The highest BCUT2D eigenvalue weighted by Crippen LogP contribution is 2.18. The third-order valence-electron chi connectivity index (χ3n) is 3.48. The molecule has 2 rings (SSSR count). The average Bonchev–Trinajstić information content (AvgIpc) is 2.49. The SMILES string of the molecule is CCN(CC)c1ccc(CNc2ccc(F)cc2F)cc1. The number of nitrogens with zero attached hydrogens (tertiary/aromatic N) is 1. The number of hydrogen-bond acceptors (Lipinski definition) is 2. The molecule has 2 aromatic carbocycles. The Morgan fingerprint density at radius 2 is 1.62 bits per heavy atom. The molecule has 0 heterocycles. The smallest absolute Gasteiger partial charge is 0.149 e. The fourth-order valence-electron chi connectivity index (χ4n) is 2.24. The maximum atomic E-state index is 13.5. The summed E-state index contributed by atoms with van der Waals surface area (Å²) >= 11 is 0. The molecule has 0 unspecified atom stereocenters. The molecule has 2 aromatic rings. The van der Waals surface area contributed by atoms with Gasteiger partial charge in [0.2, 0.25) is 0 Å². The molecule has 0 saturated heterocycles. The van der Waals surface area contributed by atoms with E-state index >= 15 is 0 Å². The second-order valence-electron chi connectivity index (χ2n) is 4.82. The average molecular weight is 290 g/mol. The maximum Gasteiger partial charge on any atom is 0.149 e. The van der Waals surface area contributed by atoms with Crippen molar-refractivity contribution in [1.82, 2.24) is 0 Å². The first kappa shape index (κ1) is 15.3. The first-order chi connectivity index (χ1) is 10.1. The monoisotopic (exact) mass is 290 g/mol. The standard InChI is InChI=1S/C17H20F2N2/c1-3-21(4-2)15-8-5-13(6-9-15)12-20-17-10-7-14(18)11-16(17)19/h5-11,20H,3-4,12H2,1-2H3. The van der Waals surface area contributed by atoms with E-state index in [1.54, 1.807) is 0 Å². The van der Waals surface area contributed by atoms with E-state index in [4.69, 9.17) is 0 Å². The van der Waals surface area contributed by atoms with Crippen LogP contribution in [-0.2, 0) is 6.54 Å². The van der Waals surface area contributed by atoms with E-state index in [2.05, 4.69) is 36.2 Å². The Kier molecular flexibility index (Phi) is 5.14. The zero-order valence-corrected chi connectivity index (χ0v) is 12.4. The summed E-state index contributed by atoms with van der Waals surface area (Å²) < 4.78 is 26.3. The number of halogens is 2. The van der Waals surface area contributed by atoms with Gasteiger partial charge >= 0.3 is 0 Å². The van der Waals surface area contributed by atoms with Gasteiger partial charge in [-0.15, -0.1) is 0 Å². The molecule has 1 N–H and O–H groups in total. The third-order valence-corrected chi connectivity index (χ3v) is 3.48. The minimum absolute atomic E-state index is 0.309. The van der Waals surface area contributed by atoms with Crippen molar-refractivity contribution in [3.63, 3.8) is 0 Å². The van der Waals surface area contributed by atoms with Gasteiger partial charge in [0, 0.05) is 31.4 Å². The fraction of sp³-hybridized carbons (Fsp3) is 0.294. The fourth-order valence-corrected chi connectivity index (χ4v) is 2.24. The predicted molar refractivity (Wildman–Crippen MR) is 83.7 cm³/mol. The van der Waals surface area contributed by atoms with Crippen molar-refractivity contribution in [3.8, 4) is 0 Å². The molecule has 0 saturated carbocycles. The highest BCUT2D eigenvalue weighted by molar-refractivity contribution is 5.49. The lowest BCUT2D eigenvalue weighted by atomic mass is 10.2. The van der Waals surface area contributed by atoms with Crippen LogP contribution in [0.15, 0.2) is 42.5 Å². The number of anilines is 2. The molecule has 112 valence electrons. The van der Waals surface area contributed by atoms with Gasteiger partial charge in [-0.05, 0) is 43.7 Å². The second-order valence-corrected chi connectivity index (χ2v) is 4.82. The van der Waals surface area contributed by atoms with E-state index < -0.39 is 11.6 Å². The Hall–Kier alpha value is -2.10. The summed E-state index contributed by atoms with van der Waals surface area (Å²) in [7, 11) is 0. The minimum Gasteiger partial charge on any atom is -0.379 e. The summed E-state index contributed by atoms with van der Waals surface area (Å²) in [5, 5.41) is 2.98. The molecule has 4 heteroatoms. The zero-order chi connectivity index (χ0) is 15.2. The molecule has 0 bridgehead atoms. The largest absolute Gasteiger partial charge is 0.379 e. The van der Waals surface area contributed by atoms with Crippen LogP contribution in [-0.4, -0.2) is 13.1 Å². The van der Waals surface area contributed by atoms with Crippen molar-refractivity contribution in [2.24, 2.45) is 0 Å². The molecule has 0 aliphatic rings. The van der Waals surface area contributed by atoms with Crippen LogP contribution in [0, 0.1) is 11.6 Å². The topological polar surface area (TPSA) is 15.3 Å². The van der Waals surface area contributed by atoms with Crippen molar-refractivity contribution in [2.75, 3.05) is 23.3 Å². The predicted octanol–water partition coefficient (Wildman–Crippen LogP) is 4.42. The Morgan fingerprint density at radius 1 is 0.952 bits per heavy atom. The van der Waals surface area contributed by atoms with E-state index in [9.17, 15) is 8.78 Å². The van der Waals surface area contributed by atoms with Gasteiger partial charge in [-0.25, -0.2) is 8.78 Å². The number of rotatable bonds is 6. The molecular weight excluding hydrogens is 270 g/mol. The minimum atomic E-state index is -0.574. The maximum absolute atomic E-state index is 13.5. The van der Waals surface area contributed by atoms with E-state index in [0.717, 1.165) is 24.7 Å². The lowest BCUT2D eigenvalue weighted by molar-refractivity contribution is 0.585. The van der Waals surface area contributed by atoms with Crippen LogP contribution in [0.4, 0.5) is 20.2 Å². The quantitative estimate of drug-likeness (QED) is 0.847. The van der Waals surface area contributed by atoms with Crippen LogP contribution in [0.1, 0.15) is 19.4 Å². The van der Waals surface area contributed by atoms with E-state index in [1.165, 1.54) is 17.8 Å². The number of nitrogens with one attached hydrogen (secondary N) is 1. The van der Waals surface area contributed by atoms with Crippen LogP contribution in [0.25, 0.3) is 0 Å². The molecular formula is C17H20F2N2. The molecule has 0 amide bonds. The summed E-state index contributed by atoms with van der Waals surface area (Å²) in [5.41, 5.74) is 2.54. The summed E-state index contributed by atoms with van der Waals surface area (Å²) in [6.45, 7) is 6.68. The summed E-state index contributed by atoms with van der Waals surface area (Å²) in [4.78, 5) is 2.26. The molecule has 0 atom stereocenters. The van der Waals surface area contributed by atoms with E-state index in [1.807, 2.05) is 12.1 Å². The summed E-state index contributed by atoms with van der Waals surface area (Å²) in [6.07, 6.45) is 0. The zero-order valence-electron chi connectivity index (χ0n) is 12.4. The van der Waals surface area contributed by atoms with Gasteiger partial charge in [0.1, 0.15) is 11.6 Å². The van der Waals surface area contributed by atoms with Crippen molar-refractivity contribution in [1.29, 1.82) is 0 Å². The van der Waals surface area contributed by atoms with Crippen LogP contribution < -0.4 is 10.2 Å². The van der Waals surface area contributed by atoms with E-state index in [0.29, 0.717) is 12.2 Å². The Labute approximate surface area is 124 Å². The highest BCUT2D eigenvalue weighted by Gasteiger charge is 2.04. The summed E-state index contributed by atoms with van der Waals surface area (Å²) in [6, 6.07) is 11.7. The third kappa shape index (κ3) is 3.94. The van der Waals surface area contributed by atoms with Gasteiger partial charge < -0.3 is 10.2 Å². The van der Waals surface area contributed by atoms with Crippen LogP contribution in [0.3, 0.4) is 0 Å². The van der Waals surface area contributed by atoms with Crippen LogP contribution >= 0.6 is 0 Å². The molecule has 2 nitrogen and oxygen atoms in total. The van der Waals surface area contributed by atoms with Crippen molar-refractivity contribution in [3.05, 3.63) is 59.7 Å². The van der Waals surface area contributed by atoms with Crippen LogP contribution in [0.2, 0.25) is 0 Å². The van der Waals surface area contributed by atoms with Gasteiger partial charge in [0.05, 0.1) is 5.69 Å². The molecule has 21 heavy (non-hydrogen) atoms. The second kappa shape index (κ2) is 7.07. The number of hydrogen-bond donors (Lipinski definition) is 1. The molecule has 0 aromatic heterocycles. The molecule has 0 radical (unpaired) electrons. The first-order valence-corrected chi connectivity index (χ1v) is 7.16. The van der Waals surface area contributed by atoms with E-state index in [-0.39, 0.29) is 0 Å². The highest BCUT2D eigenvalue weighted by atomic mass is 19.1. The van der Waals surface area contributed by atoms with Crippen molar-refractivity contribution < 1.29 is 8.78 Å². The molecule has 0 spiro atoms. The lowest BCUT2D eigenvalue weighted by Gasteiger charge is -2.21. The summed E-state index contributed by atoms with van der Waals surface area (Å²) in [5.74, 6) is -1.14. The Morgan fingerprint density at radius 3 is 2.19 bits per heavy atom. The Bertz CT molecular complexity index is 578.